The van der Waals surface area contributed by atoms with Gasteiger partial charge in [0.2, 0.25) is 29.5 Å². The minimum absolute atomic E-state index is 0.0288. The Labute approximate surface area is 230 Å². The summed E-state index contributed by atoms with van der Waals surface area (Å²) in [6.07, 6.45) is 1.81. The van der Waals surface area contributed by atoms with Crippen molar-refractivity contribution in [3.8, 4) is 0 Å². The van der Waals surface area contributed by atoms with Gasteiger partial charge in [-0.15, -0.1) is 0 Å². The molecule has 13 heteroatoms. The van der Waals surface area contributed by atoms with Crippen molar-refractivity contribution in [3.05, 3.63) is 0 Å². The molecule has 5 atom stereocenters. The molecule has 0 radical (unpaired) electrons. The van der Waals surface area contributed by atoms with Gasteiger partial charge in [0.25, 0.3) is 0 Å². The SMILES string of the molecule is CC[C@H](C)[C@H](NC(=O)CN)C(=O)N[C@@H](CC(C)C)C(=O)NCC(=O)N[C@H](C(=O)N1CCC[C@H]1C(=O)O)C(C)C. The van der Waals surface area contributed by atoms with Crippen LogP contribution in [0.2, 0.25) is 0 Å². The first-order valence-corrected chi connectivity index (χ1v) is 13.6. The normalized spacial score (nSPS) is 18.2. The van der Waals surface area contributed by atoms with Gasteiger partial charge in [0.1, 0.15) is 24.2 Å². The summed E-state index contributed by atoms with van der Waals surface area (Å²) in [4.78, 5) is 76.4. The van der Waals surface area contributed by atoms with E-state index in [-0.39, 0.29) is 30.7 Å². The van der Waals surface area contributed by atoms with Gasteiger partial charge >= 0.3 is 5.97 Å². The van der Waals surface area contributed by atoms with Crippen molar-refractivity contribution in [3.63, 3.8) is 0 Å². The van der Waals surface area contributed by atoms with Gasteiger partial charge in [0.05, 0.1) is 13.1 Å². The first-order chi connectivity index (χ1) is 18.2. The standard InChI is InChI=1S/C26H46N6O7/c1-7-16(6)22(30-19(33)12-27)24(36)29-17(11-14(2)3)23(35)28-13-20(34)31-21(15(4)5)25(37)32-10-8-9-18(32)26(38)39/h14-18,21-22H,7-13,27H2,1-6H3,(H,28,35)(H,29,36)(H,30,33)(H,31,34)(H,38,39)/t16-,17-,18-,21-,22-/m0/s1. The van der Waals surface area contributed by atoms with Gasteiger partial charge in [0.15, 0.2) is 0 Å². The summed E-state index contributed by atoms with van der Waals surface area (Å²) in [5, 5.41) is 19.8. The van der Waals surface area contributed by atoms with Gasteiger partial charge < -0.3 is 37.0 Å². The topological polar surface area (TPSA) is 200 Å². The number of carbonyl (C=O) groups excluding carboxylic acids is 5. The van der Waals surface area contributed by atoms with Crippen LogP contribution in [0, 0.1) is 17.8 Å². The Kier molecular flexibility index (Phi) is 13.9. The summed E-state index contributed by atoms with van der Waals surface area (Å²) < 4.78 is 0. The number of hydrogen-bond donors (Lipinski definition) is 6. The van der Waals surface area contributed by atoms with E-state index in [4.69, 9.17) is 5.73 Å². The van der Waals surface area contributed by atoms with Gasteiger partial charge in [-0.1, -0.05) is 48.0 Å². The first kappa shape index (κ1) is 33.8. The number of hydrogen-bond acceptors (Lipinski definition) is 7. The highest BCUT2D eigenvalue weighted by atomic mass is 16.4. The molecule has 39 heavy (non-hydrogen) atoms. The van der Waals surface area contributed by atoms with Crippen LogP contribution in [0.4, 0.5) is 0 Å². The van der Waals surface area contributed by atoms with Crippen LogP contribution in [-0.2, 0) is 28.8 Å². The maximum atomic E-state index is 13.0. The highest BCUT2D eigenvalue weighted by Crippen LogP contribution is 2.20. The second-order valence-electron chi connectivity index (χ2n) is 10.9. The molecule has 7 N–H and O–H groups in total. The second-order valence-corrected chi connectivity index (χ2v) is 10.9. The van der Waals surface area contributed by atoms with E-state index in [0.29, 0.717) is 25.8 Å². The predicted molar refractivity (Wildman–Crippen MR) is 144 cm³/mol. The average molecular weight is 555 g/mol. The molecule has 1 aliphatic heterocycles. The molecular weight excluding hydrogens is 508 g/mol. The number of likely N-dealkylation sites (tertiary alicyclic amines) is 1. The van der Waals surface area contributed by atoms with E-state index in [2.05, 4.69) is 21.3 Å². The molecule has 0 saturated carbocycles. The molecular formula is C26H46N6O7. The van der Waals surface area contributed by atoms with E-state index >= 15 is 0 Å². The maximum Gasteiger partial charge on any atom is 0.326 e. The highest BCUT2D eigenvalue weighted by molar-refractivity contribution is 5.95. The van der Waals surface area contributed by atoms with E-state index in [1.54, 1.807) is 20.8 Å². The van der Waals surface area contributed by atoms with E-state index in [9.17, 15) is 33.9 Å². The Morgan fingerprint density at radius 1 is 0.923 bits per heavy atom. The molecule has 5 amide bonds. The maximum absolute atomic E-state index is 13.0. The number of amides is 5. The number of rotatable bonds is 15. The van der Waals surface area contributed by atoms with E-state index in [1.165, 1.54) is 4.90 Å². The quantitative estimate of drug-likeness (QED) is 0.153. The van der Waals surface area contributed by atoms with Gasteiger partial charge in [-0.05, 0) is 37.0 Å². The summed E-state index contributed by atoms with van der Waals surface area (Å²) in [5.41, 5.74) is 5.38. The lowest BCUT2D eigenvalue weighted by Gasteiger charge is -2.29. The summed E-state index contributed by atoms with van der Waals surface area (Å²) in [7, 11) is 0. The Balaban J connectivity index is 2.87. The van der Waals surface area contributed by atoms with Crippen molar-refractivity contribution in [1.29, 1.82) is 0 Å². The number of nitrogens with zero attached hydrogens (tertiary/aromatic N) is 1. The summed E-state index contributed by atoms with van der Waals surface area (Å²) in [5.74, 6) is -4.29. The zero-order chi connectivity index (χ0) is 29.9. The number of nitrogens with two attached hydrogens (primary N) is 1. The molecule has 13 nitrogen and oxygen atoms in total. The van der Waals surface area contributed by atoms with Crippen molar-refractivity contribution < 1.29 is 33.9 Å². The lowest BCUT2D eigenvalue weighted by molar-refractivity contribution is -0.150. The van der Waals surface area contributed by atoms with E-state index in [1.807, 2.05) is 20.8 Å². The lowest BCUT2D eigenvalue weighted by atomic mass is 9.96. The molecule has 1 rings (SSSR count). The van der Waals surface area contributed by atoms with Crippen LogP contribution < -0.4 is 27.0 Å². The predicted octanol–water partition coefficient (Wildman–Crippen LogP) is -0.660. The molecule has 1 heterocycles. The fourth-order valence-electron chi connectivity index (χ4n) is 4.39. The first-order valence-electron chi connectivity index (χ1n) is 13.6. The van der Waals surface area contributed by atoms with Crippen LogP contribution in [0.1, 0.15) is 67.2 Å². The van der Waals surface area contributed by atoms with E-state index < -0.39 is 66.2 Å². The largest absolute Gasteiger partial charge is 0.480 e. The van der Waals surface area contributed by atoms with Crippen LogP contribution in [-0.4, -0.2) is 89.3 Å². The van der Waals surface area contributed by atoms with Crippen LogP contribution in [0.5, 0.6) is 0 Å². The van der Waals surface area contributed by atoms with Crippen molar-refractivity contribution in [1.82, 2.24) is 26.2 Å². The molecule has 0 unspecified atom stereocenters. The fraction of sp³-hybridized carbons (Fsp3) is 0.769. The molecule has 0 aromatic rings. The third-order valence-electron chi connectivity index (χ3n) is 6.83. The molecule has 0 aromatic carbocycles. The average Bonchev–Trinajstić information content (AvgIpc) is 3.37. The minimum atomic E-state index is -1.08. The van der Waals surface area contributed by atoms with Crippen molar-refractivity contribution in [2.75, 3.05) is 19.6 Å². The second kappa shape index (κ2) is 16.0. The van der Waals surface area contributed by atoms with Gasteiger partial charge in [-0.2, -0.15) is 0 Å². The number of carboxylic acids is 1. The third kappa shape index (κ3) is 10.5. The Bertz CT molecular complexity index is 894. The van der Waals surface area contributed by atoms with Crippen LogP contribution >= 0.6 is 0 Å². The molecule has 1 aliphatic rings. The smallest absolute Gasteiger partial charge is 0.326 e. The van der Waals surface area contributed by atoms with Gasteiger partial charge in [0, 0.05) is 6.54 Å². The third-order valence-corrected chi connectivity index (χ3v) is 6.83. The zero-order valence-corrected chi connectivity index (χ0v) is 23.9. The van der Waals surface area contributed by atoms with Crippen molar-refractivity contribution >= 4 is 35.5 Å². The minimum Gasteiger partial charge on any atom is -0.480 e. The van der Waals surface area contributed by atoms with Crippen LogP contribution in [0.3, 0.4) is 0 Å². The van der Waals surface area contributed by atoms with Crippen LogP contribution in [0.15, 0.2) is 0 Å². The van der Waals surface area contributed by atoms with Crippen LogP contribution in [0.25, 0.3) is 0 Å². The van der Waals surface area contributed by atoms with Gasteiger partial charge in [-0.3, -0.25) is 24.0 Å². The summed E-state index contributed by atoms with van der Waals surface area (Å²) >= 11 is 0. The fourth-order valence-corrected chi connectivity index (χ4v) is 4.39. The van der Waals surface area contributed by atoms with Crippen molar-refractivity contribution in [2.45, 2.75) is 91.4 Å². The molecule has 222 valence electrons. The van der Waals surface area contributed by atoms with Gasteiger partial charge in [-0.25, -0.2) is 4.79 Å². The molecule has 0 bridgehead atoms. The summed E-state index contributed by atoms with van der Waals surface area (Å²) in [6, 6.07) is -3.72. The molecule has 0 aliphatic carbocycles. The molecule has 1 fully saturated rings. The molecule has 0 spiro atoms. The number of aliphatic carboxylic acids is 1. The Morgan fingerprint density at radius 3 is 2.05 bits per heavy atom. The van der Waals surface area contributed by atoms with Crippen molar-refractivity contribution in [2.24, 2.45) is 23.5 Å². The highest BCUT2D eigenvalue weighted by Gasteiger charge is 2.38. The zero-order valence-electron chi connectivity index (χ0n) is 23.9. The lowest BCUT2D eigenvalue weighted by Crippen LogP contribution is -2.58. The Hall–Kier alpha value is -3.22. The molecule has 0 aromatic heterocycles. The molecule has 1 saturated heterocycles. The Morgan fingerprint density at radius 2 is 1.54 bits per heavy atom. The number of carbonyl (C=O) groups is 6. The summed E-state index contributed by atoms with van der Waals surface area (Å²) in [6.45, 7) is 10.5. The number of nitrogens with one attached hydrogen (secondary N) is 4. The number of carboxylic acid groups (broad SMARTS) is 1. The monoisotopic (exact) mass is 554 g/mol. The van der Waals surface area contributed by atoms with E-state index in [0.717, 1.165) is 0 Å².